The van der Waals surface area contributed by atoms with Gasteiger partial charge in [0.15, 0.2) is 0 Å². The molecule has 0 saturated carbocycles. The first kappa shape index (κ1) is 15.6. The molecule has 106 valence electrons. The second-order valence-corrected chi connectivity index (χ2v) is 4.13. The van der Waals surface area contributed by atoms with Gasteiger partial charge in [-0.1, -0.05) is 18.2 Å². The highest BCUT2D eigenvalue weighted by atomic mass is 19.1. The van der Waals surface area contributed by atoms with Crippen molar-refractivity contribution in [2.75, 3.05) is 18.9 Å². The van der Waals surface area contributed by atoms with Gasteiger partial charge in [-0.2, -0.15) is 0 Å². The molecule has 5 heteroatoms. The average molecular weight is 276 g/mol. The van der Waals surface area contributed by atoms with Crippen LogP contribution in [0.15, 0.2) is 48.6 Å². The summed E-state index contributed by atoms with van der Waals surface area (Å²) < 4.78 is 12.7. The third-order valence-corrected chi connectivity index (χ3v) is 2.43. The summed E-state index contributed by atoms with van der Waals surface area (Å²) in [4.78, 5) is 24.6. The van der Waals surface area contributed by atoms with Crippen LogP contribution < -0.4 is 5.32 Å². The number of nitrogens with zero attached hydrogens (tertiary/aromatic N) is 1. The quantitative estimate of drug-likeness (QED) is 0.663. The molecule has 0 aliphatic carbocycles. The smallest absolute Gasteiger partial charge is 0.246 e. The van der Waals surface area contributed by atoms with Gasteiger partial charge in [-0.25, -0.2) is 4.39 Å². The van der Waals surface area contributed by atoms with E-state index in [1.165, 1.54) is 42.3 Å². The van der Waals surface area contributed by atoms with Crippen LogP contribution in [0.2, 0.25) is 0 Å². The van der Waals surface area contributed by atoms with Crippen LogP contribution in [0.25, 0.3) is 0 Å². The molecule has 0 aromatic heterocycles. The molecule has 0 radical (unpaired) electrons. The second-order valence-electron chi connectivity index (χ2n) is 4.13. The number of halogens is 1. The van der Waals surface area contributed by atoms with Crippen LogP contribution in [0, 0.1) is 5.82 Å². The van der Waals surface area contributed by atoms with E-state index in [1.807, 2.05) is 6.92 Å². The molecular weight excluding hydrogens is 259 g/mol. The van der Waals surface area contributed by atoms with Gasteiger partial charge in [-0.15, -0.1) is 0 Å². The molecule has 1 aromatic rings. The summed E-state index contributed by atoms with van der Waals surface area (Å²) in [5.74, 6) is -0.978. The lowest BCUT2D eigenvalue weighted by molar-refractivity contribution is -0.129. The van der Waals surface area contributed by atoms with Crippen LogP contribution in [0.5, 0.6) is 0 Å². The average Bonchev–Trinajstić information content (AvgIpc) is 2.41. The molecule has 0 aliphatic heterocycles. The van der Waals surface area contributed by atoms with Crippen molar-refractivity contribution >= 4 is 17.5 Å². The minimum absolute atomic E-state index is 0.0730. The van der Waals surface area contributed by atoms with Crippen molar-refractivity contribution in [1.29, 1.82) is 0 Å². The minimum Gasteiger partial charge on any atom is -0.333 e. The summed E-state index contributed by atoms with van der Waals surface area (Å²) in [6.07, 6.45) is 6.51. The summed E-state index contributed by atoms with van der Waals surface area (Å²) in [6.45, 7) is 1.77. The van der Waals surface area contributed by atoms with Gasteiger partial charge in [-0.3, -0.25) is 9.59 Å². The Morgan fingerprint density at radius 2 is 1.90 bits per heavy atom. The molecule has 0 saturated heterocycles. The molecule has 0 fully saturated rings. The van der Waals surface area contributed by atoms with Crippen LogP contribution in [-0.4, -0.2) is 30.3 Å². The van der Waals surface area contributed by atoms with Gasteiger partial charge < -0.3 is 10.2 Å². The lowest BCUT2D eigenvalue weighted by atomic mass is 10.3. The molecule has 0 atom stereocenters. The first-order chi connectivity index (χ1) is 9.52. The Morgan fingerprint density at radius 3 is 2.50 bits per heavy atom. The van der Waals surface area contributed by atoms with Gasteiger partial charge in [0.25, 0.3) is 0 Å². The van der Waals surface area contributed by atoms with E-state index in [-0.39, 0.29) is 24.2 Å². The van der Waals surface area contributed by atoms with Gasteiger partial charge in [0.05, 0.1) is 6.54 Å². The Bertz CT molecular complexity index is 521. The Kier molecular flexibility index (Phi) is 6.16. The fourth-order valence-electron chi connectivity index (χ4n) is 1.40. The van der Waals surface area contributed by atoms with E-state index in [1.54, 1.807) is 18.2 Å². The van der Waals surface area contributed by atoms with Gasteiger partial charge in [0.1, 0.15) is 5.82 Å². The van der Waals surface area contributed by atoms with Gasteiger partial charge in [-0.05, 0) is 31.2 Å². The third kappa shape index (κ3) is 5.48. The number of benzene rings is 1. The maximum atomic E-state index is 12.7. The van der Waals surface area contributed by atoms with Crippen LogP contribution in [0.3, 0.4) is 0 Å². The Morgan fingerprint density at radius 1 is 1.25 bits per heavy atom. The molecule has 1 rings (SSSR count). The Balaban J connectivity index is 2.49. The zero-order valence-electron chi connectivity index (χ0n) is 11.5. The largest absolute Gasteiger partial charge is 0.333 e. The van der Waals surface area contributed by atoms with Crippen LogP contribution in [0.4, 0.5) is 10.1 Å². The molecule has 1 aromatic carbocycles. The third-order valence-electron chi connectivity index (χ3n) is 2.43. The molecule has 1 N–H and O–H groups in total. The predicted octanol–water partition coefficient (Wildman–Crippen LogP) is 2.35. The fraction of sp³-hybridized carbons (Fsp3) is 0.200. The molecule has 0 aliphatic rings. The molecule has 2 amide bonds. The summed E-state index contributed by atoms with van der Waals surface area (Å²) in [6, 6.07) is 5.43. The Hall–Kier alpha value is -2.43. The van der Waals surface area contributed by atoms with Crippen molar-refractivity contribution < 1.29 is 14.0 Å². The highest BCUT2D eigenvalue weighted by Crippen LogP contribution is 2.08. The number of nitrogens with one attached hydrogen (secondary N) is 1. The molecule has 0 heterocycles. The predicted molar refractivity (Wildman–Crippen MR) is 76.6 cm³/mol. The van der Waals surface area contributed by atoms with E-state index < -0.39 is 0 Å². The van der Waals surface area contributed by atoms with Crippen molar-refractivity contribution in [3.8, 4) is 0 Å². The van der Waals surface area contributed by atoms with Crippen molar-refractivity contribution in [1.82, 2.24) is 4.90 Å². The summed E-state index contributed by atoms with van der Waals surface area (Å²) in [7, 11) is 1.53. The first-order valence-corrected chi connectivity index (χ1v) is 6.13. The maximum absolute atomic E-state index is 12.7. The molecule has 4 nitrogen and oxygen atoms in total. The Labute approximate surface area is 117 Å². The number of rotatable bonds is 5. The van der Waals surface area contributed by atoms with Crippen LogP contribution >= 0.6 is 0 Å². The summed E-state index contributed by atoms with van der Waals surface area (Å²) in [5, 5.41) is 2.58. The van der Waals surface area contributed by atoms with Gasteiger partial charge >= 0.3 is 0 Å². The number of hydrogen-bond acceptors (Lipinski definition) is 2. The number of likely N-dealkylation sites (N-methyl/N-ethyl adjacent to an activating group) is 1. The van der Waals surface area contributed by atoms with E-state index in [2.05, 4.69) is 5.32 Å². The number of anilines is 1. The number of hydrogen-bond donors (Lipinski definition) is 1. The first-order valence-electron chi connectivity index (χ1n) is 6.13. The minimum atomic E-state index is -0.371. The number of carbonyl (C=O) groups is 2. The van der Waals surface area contributed by atoms with Crippen molar-refractivity contribution in [2.45, 2.75) is 6.92 Å². The highest BCUT2D eigenvalue weighted by molar-refractivity contribution is 5.96. The molecule has 0 bridgehead atoms. The fourth-order valence-corrected chi connectivity index (χ4v) is 1.40. The van der Waals surface area contributed by atoms with Crippen LogP contribution in [-0.2, 0) is 9.59 Å². The normalized spacial score (nSPS) is 10.9. The van der Waals surface area contributed by atoms with Crippen molar-refractivity contribution in [3.05, 3.63) is 54.4 Å². The molecular formula is C15H17FN2O2. The second kappa shape index (κ2) is 7.89. The zero-order chi connectivity index (χ0) is 15.0. The van der Waals surface area contributed by atoms with Crippen LogP contribution in [0.1, 0.15) is 6.92 Å². The zero-order valence-corrected chi connectivity index (χ0v) is 11.5. The SMILES string of the molecule is C/C=C/C=C/C(=O)N(C)CC(=O)Nc1ccc(F)cc1. The van der Waals surface area contributed by atoms with E-state index >= 15 is 0 Å². The van der Waals surface area contributed by atoms with Gasteiger partial charge in [0, 0.05) is 18.8 Å². The van der Waals surface area contributed by atoms with Crippen molar-refractivity contribution in [3.63, 3.8) is 0 Å². The summed E-state index contributed by atoms with van der Waals surface area (Å²) >= 11 is 0. The van der Waals surface area contributed by atoms with E-state index in [0.717, 1.165) is 0 Å². The van der Waals surface area contributed by atoms with E-state index in [9.17, 15) is 14.0 Å². The van der Waals surface area contributed by atoms with Gasteiger partial charge in [0.2, 0.25) is 11.8 Å². The number of allylic oxidation sites excluding steroid dienone is 3. The molecule has 0 spiro atoms. The number of amides is 2. The molecule has 0 unspecified atom stereocenters. The monoisotopic (exact) mass is 276 g/mol. The maximum Gasteiger partial charge on any atom is 0.246 e. The molecule has 20 heavy (non-hydrogen) atoms. The summed E-state index contributed by atoms with van der Waals surface area (Å²) in [5.41, 5.74) is 0.488. The number of carbonyl (C=O) groups excluding carboxylic acids is 2. The lowest BCUT2D eigenvalue weighted by Crippen LogP contribution is -2.33. The highest BCUT2D eigenvalue weighted by Gasteiger charge is 2.10. The van der Waals surface area contributed by atoms with E-state index in [0.29, 0.717) is 5.69 Å². The van der Waals surface area contributed by atoms with Crippen molar-refractivity contribution in [2.24, 2.45) is 0 Å². The standard InChI is InChI=1S/C15H17FN2O2/c1-3-4-5-6-15(20)18(2)11-14(19)17-13-9-7-12(16)8-10-13/h3-10H,11H2,1-2H3,(H,17,19)/b4-3+,6-5+. The lowest BCUT2D eigenvalue weighted by Gasteiger charge is -2.14. The van der Waals surface area contributed by atoms with E-state index in [4.69, 9.17) is 0 Å². The topological polar surface area (TPSA) is 49.4 Å².